The van der Waals surface area contributed by atoms with Crippen LogP contribution in [-0.4, -0.2) is 27.9 Å². The third kappa shape index (κ3) is 4.55. The van der Waals surface area contributed by atoms with E-state index in [0.717, 1.165) is 34.3 Å². The Kier molecular flexibility index (Phi) is 6.16. The molecule has 0 saturated heterocycles. The molecule has 1 aliphatic carbocycles. The molecular weight excluding hydrogens is 386 g/mol. The average Bonchev–Trinajstić information content (AvgIpc) is 3.15. The summed E-state index contributed by atoms with van der Waals surface area (Å²) in [6.07, 6.45) is 3.03. The Hall–Kier alpha value is -1.63. The Morgan fingerprint density at radius 1 is 1.42 bits per heavy atom. The van der Waals surface area contributed by atoms with Gasteiger partial charge in [-0.3, -0.25) is 4.79 Å². The molecule has 2 heterocycles. The lowest BCUT2D eigenvalue weighted by molar-refractivity contribution is -0.113. The number of nitrogens with zero attached hydrogens (tertiary/aromatic N) is 3. The second-order valence-electron chi connectivity index (χ2n) is 6.68. The van der Waals surface area contributed by atoms with E-state index in [1.807, 2.05) is 13.8 Å². The second-order valence-corrected chi connectivity index (χ2v) is 9.98. The van der Waals surface area contributed by atoms with Crippen molar-refractivity contribution in [1.29, 1.82) is 5.26 Å². The number of carbonyl (C=O) groups excluding carboxylic acids is 1. The van der Waals surface area contributed by atoms with E-state index < -0.39 is 0 Å². The van der Waals surface area contributed by atoms with Crippen LogP contribution >= 0.6 is 34.4 Å². The lowest BCUT2D eigenvalue weighted by atomic mass is 9.89. The number of anilines is 2. The van der Waals surface area contributed by atoms with Crippen molar-refractivity contribution in [2.75, 3.05) is 16.4 Å². The third-order valence-corrected chi connectivity index (χ3v) is 7.18. The standard InChI is InChI=1S/C17H21N5OS3/c1-9(2)19-16-21-22-17(26-16)24-8-14(23)20-15-12(7-18)11-5-4-10(3)6-13(11)25-15/h9-10H,4-6,8H2,1-3H3,(H,19,21)(H,20,23). The summed E-state index contributed by atoms with van der Waals surface area (Å²) in [6.45, 7) is 6.31. The van der Waals surface area contributed by atoms with E-state index in [-0.39, 0.29) is 11.7 Å². The van der Waals surface area contributed by atoms with Crippen LogP contribution in [0.3, 0.4) is 0 Å². The molecule has 9 heteroatoms. The van der Waals surface area contributed by atoms with Crippen molar-refractivity contribution in [3.63, 3.8) is 0 Å². The molecule has 0 spiro atoms. The largest absolute Gasteiger partial charge is 0.358 e. The van der Waals surface area contributed by atoms with Crippen LogP contribution in [0.4, 0.5) is 10.1 Å². The molecule has 0 bridgehead atoms. The van der Waals surface area contributed by atoms with Gasteiger partial charge in [-0.25, -0.2) is 0 Å². The quantitative estimate of drug-likeness (QED) is 0.699. The molecule has 1 atom stereocenters. The third-order valence-electron chi connectivity index (χ3n) is 4.02. The Morgan fingerprint density at radius 3 is 2.96 bits per heavy atom. The van der Waals surface area contributed by atoms with Crippen LogP contribution in [0.25, 0.3) is 0 Å². The number of fused-ring (bicyclic) bond motifs is 1. The zero-order valence-electron chi connectivity index (χ0n) is 15.0. The van der Waals surface area contributed by atoms with Gasteiger partial charge in [-0.05, 0) is 44.6 Å². The highest BCUT2D eigenvalue weighted by Gasteiger charge is 2.24. The van der Waals surface area contributed by atoms with Crippen molar-refractivity contribution in [3.05, 3.63) is 16.0 Å². The zero-order chi connectivity index (χ0) is 18.7. The van der Waals surface area contributed by atoms with Gasteiger partial charge in [-0.15, -0.1) is 21.5 Å². The fourth-order valence-corrected chi connectivity index (χ4v) is 5.90. The summed E-state index contributed by atoms with van der Waals surface area (Å²) in [5, 5.41) is 25.2. The lowest BCUT2D eigenvalue weighted by Gasteiger charge is -2.17. The van der Waals surface area contributed by atoms with Gasteiger partial charge in [0.05, 0.1) is 11.3 Å². The normalized spacial score (nSPS) is 16.2. The molecule has 2 aromatic heterocycles. The molecule has 6 nitrogen and oxygen atoms in total. The summed E-state index contributed by atoms with van der Waals surface area (Å²) >= 11 is 4.35. The topological polar surface area (TPSA) is 90.7 Å². The summed E-state index contributed by atoms with van der Waals surface area (Å²) in [7, 11) is 0. The van der Waals surface area contributed by atoms with Gasteiger partial charge in [0.15, 0.2) is 4.34 Å². The first-order valence-electron chi connectivity index (χ1n) is 8.53. The van der Waals surface area contributed by atoms with Crippen LogP contribution in [0.15, 0.2) is 4.34 Å². The highest BCUT2D eigenvalue weighted by Crippen LogP contribution is 2.39. The van der Waals surface area contributed by atoms with Gasteiger partial charge in [-0.2, -0.15) is 5.26 Å². The van der Waals surface area contributed by atoms with Gasteiger partial charge >= 0.3 is 0 Å². The maximum absolute atomic E-state index is 12.3. The minimum absolute atomic E-state index is 0.119. The molecule has 2 aromatic rings. The van der Waals surface area contributed by atoms with Crippen LogP contribution < -0.4 is 10.6 Å². The van der Waals surface area contributed by atoms with Gasteiger partial charge in [0, 0.05) is 10.9 Å². The first-order valence-corrected chi connectivity index (χ1v) is 11.2. The first-order chi connectivity index (χ1) is 12.5. The SMILES string of the molecule is CC1CCc2c(sc(NC(=O)CSc3nnc(NC(C)C)s3)c2C#N)C1. The first kappa shape index (κ1) is 19.1. The van der Waals surface area contributed by atoms with E-state index in [9.17, 15) is 10.1 Å². The molecule has 26 heavy (non-hydrogen) atoms. The number of nitriles is 1. The second kappa shape index (κ2) is 8.37. The van der Waals surface area contributed by atoms with Gasteiger partial charge in [0.1, 0.15) is 11.1 Å². The number of nitrogens with one attached hydrogen (secondary N) is 2. The van der Waals surface area contributed by atoms with Crippen LogP contribution in [-0.2, 0) is 17.6 Å². The van der Waals surface area contributed by atoms with Crippen LogP contribution in [0.1, 0.15) is 43.2 Å². The minimum atomic E-state index is -0.119. The number of amides is 1. The predicted molar refractivity (Wildman–Crippen MR) is 108 cm³/mol. The zero-order valence-corrected chi connectivity index (χ0v) is 17.4. The number of thiophene rings is 1. The Morgan fingerprint density at radius 2 is 2.23 bits per heavy atom. The fourth-order valence-electron chi connectivity index (χ4n) is 2.82. The number of carbonyl (C=O) groups is 1. The molecule has 0 radical (unpaired) electrons. The number of hydrogen-bond acceptors (Lipinski definition) is 8. The average molecular weight is 408 g/mol. The molecule has 0 saturated carbocycles. The summed E-state index contributed by atoms with van der Waals surface area (Å²) in [5.74, 6) is 0.768. The van der Waals surface area contributed by atoms with Crippen molar-refractivity contribution in [2.24, 2.45) is 5.92 Å². The Bertz CT molecular complexity index is 836. The van der Waals surface area contributed by atoms with Crippen molar-refractivity contribution in [1.82, 2.24) is 10.2 Å². The highest BCUT2D eigenvalue weighted by atomic mass is 32.2. The minimum Gasteiger partial charge on any atom is -0.358 e. The van der Waals surface area contributed by atoms with Gasteiger partial charge in [0.25, 0.3) is 0 Å². The molecule has 1 unspecified atom stereocenters. The number of hydrogen-bond donors (Lipinski definition) is 2. The Balaban J connectivity index is 1.60. The molecule has 2 N–H and O–H groups in total. The lowest BCUT2D eigenvalue weighted by Crippen LogP contribution is -2.14. The van der Waals surface area contributed by atoms with E-state index in [1.165, 1.54) is 28.0 Å². The monoisotopic (exact) mass is 407 g/mol. The number of thioether (sulfide) groups is 1. The van der Waals surface area contributed by atoms with Crippen molar-refractivity contribution in [3.8, 4) is 6.07 Å². The summed E-state index contributed by atoms with van der Waals surface area (Å²) in [5.41, 5.74) is 1.78. The molecule has 3 rings (SSSR count). The van der Waals surface area contributed by atoms with Crippen molar-refractivity contribution in [2.45, 2.75) is 50.4 Å². The van der Waals surface area contributed by atoms with Crippen LogP contribution in [0, 0.1) is 17.2 Å². The molecule has 0 aromatic carbocycles. The fraction of sp³-hybridized carbons (Fsp3) is 0.529. The molecule has 1 amide bonds. The highest BCUT2D eigenvalue weighted by molar-refractivity contribution is 8.01. The summed E-state index contributed by atoms with van der Waals surface area (Å²) < 4.78 is 0.753. The molecular formula is C17H21N5OS3. The van der Waals surface area contributed by atoms with E-state index in [4.69, 9.17) is 0 Å². The number of rotatable bonds is 6. The van der Waals surface area contributed by atoms with Crippen molar-refractivity contribution >= 4 is 50.5 Å². The van der Waals surface area contributed by atoms with Crippen LogP contribution in [0.5, 0.6) is 0 Å². The molecule has 138 valence electrons. The predicted octanol–water partition coefficient (Wildman–Crippen LogP) is 4.15. The van der Waals surface area contributed by atoms with E-state index in [1.54, 1.807) is 11.3 Å². The Labute approximate surface area is 165 Å². The van der Waals surface area contributed by atoms with Gasteiger partial charge in [0.2, 0.25) is 11.0 Å². The molecule has 0 fully saturated rings. The smallest absolute Gasteiger partial charge is 0.235 e. The van der Waals surface area contributed by atoms with E-state index >= 15 is 0 Å². The van der Waals surface area contributed by atoms with Gasteiger partial charge in [-0.1, -0.05) is 30.0 Å². The van der Waals surface area contributed by atoms with Crippen molar-refractivity contribution < 1.29 is 4.79 Å². The van der Waals surface area contributed by atoms with Crippen LogP contribution in [0.2, 0.25) is 0 Å². The summed E-state index contributed by atoms with van der Waals surface area (Å²) in [4.78, 5) is 13.6. The molecule has 1 aliphatic rings. The van der Waals surface area contributed by atoms with E-state index in [2.05, 4.69) is 33.8 Å². The molecule has 0 aliphatic heterocycles. The number of aromatic nitrogens is 2. The summed E-state index contributed by atoms with van der Waals surface area (Å²) in [6, 6.07) is 2.57. The maximum atomic E-state index is 12.3. The van der Waals surface area contributed by atoms with E-state index in [0.29, 0.717) is 22.5 Å². The maximum Gasteiger partial charge on any atom is 0.235 e. The van der Waals surface area contributed by atoms with Gasteiger partial charge < -0.3 is 10.6 Å².